The van der Waals surface area contributed by atoms with Gasteiger partial charge in [0.15, 0.2) is 0 Å². The first kappa shape index (κ1) is 14.8. The highest BCUT2D eigenvalue weighted by Gasteiger charge is 1.99. The Kier molecular flexibility index (Phi) is 4.68. The fourth-order valence-corrected chi connectivity index (χ4v) is 2.32. The Morgan fingerprint density at radius 2 is 1.35 bits per heavy atom. The van der Waals surface area contributed by atoms with E-state index in [2.05, 4.69) is 41.2 Å². The van der Waals surface area contributed by atoms with Crippen molar-refractivity contribution in [1.29, 1.82) is 5.26 Å². The van der Waals surface area contributed by atoms with Gasteiger partial charge in [-0.1, -0.05) is 54.6 Å². The molecule has 3 aromatic carbocycles. The molecule has 0 bridgehead atoms. The molecule has 3 nitrogen and oxygen atoms in total. The van der Waals surface area contributed by atoms with Crippen LogP contribution in [-0.2, 0) is 6.54 Å². The van der Waals surface area contributed by atoms with E-state index in [9.17, 15) is 0 Å². The monoisotopic (exact) mass is 299 g/mol. The molecule has 3 aromatic rings. The van der Waals surface area contributed by atoms with Gasteiger partial charge in [0, 0.05) is 12.2 Å². The number of benzene rings is 3. The second kappa shape index (κ2) is 7.26. The van der Waals surface area contributed by atoms with Crippen LogP contribution in [0.2, 0.25) is 0 Å². The number of nitrogens with one attached hydrogen (secondary N) is 2. The Hall–Kier alpha value is -3.09. The lowest BCUT2D eigenvalue weighted by Crippen LogP contribution is -2.20. The minimum absolute atomic E-state index is 0.682. The number of anilines is 1. The topological polar surface area (TPSA) is 47.9 Å². The van der Waals surface area contributed by atoms with Crippen LogP contribution in [-0.4, -0.2) is 0 Å². The van der Waals surface area contributed by atoms with Crippen molar-refractivity contribution in [3.63, 3.8) is 0 Å². The lowest BCUT2D eigenvalue weighted by molar-refractivity contribution is 0.801. The summed E-state index contributed by atoms with van der Waals surface area (Å²) in [6.45, 7) is 0.739. The van der Waals surface area contributed by atoms with Crippen LogP contribution in [0.15, 0.2) is 78.9 Å². The van der Waals surface area contributed by atoms with Gasteiger partial charge in [-0.05, 0) is 41.0 Å². The summed E-state index contributed by atoms with van der Waals surface area (Å²) < 4.78 is 0. The Morgan fingerprint density at radius 1 is 0.739 bits per heavy atom. The van der Waals surface area contributed by atoms with Crippen molar-refractivity contribution >= 4 is 5.69 Å². The van der Waals surface area contributed by atoms with E-state index in [0.29, 0.717) is 5.56 Å². The van der Waals surface area contributed by atoms with Gasteiger partial charge >= 0.3 is 0 Å². The molecule has 0 spiro atoms. The highest BCUT2D eigenvalue weighted by Crippen LogP contribution is 2.20. The summed E-state index contributed by atoms with van der Waals surface area (Å²) >= 11 is 0. The van der Waals surface area contributed by atoms with E-state index in [1.54, 1.807) is 0 Å². The molecule has 2 N–H and O–H groups in total. The van der Waals surface area contributed by atoms with Gasteiger partial charge in [-0.15, -0.1) is 0 Å². The fraction of sp³-hybridized carbons (Fsp3) is 0.0500. The largest absolute Gasteiger partial charge is 0.321 e. The zero-order chi connectivity index (χ0) is 15.9. The average Bonchev–Trinajstić information content (AvgIpc) is 2.63. The molecule has 0 radical (unpaired) electrons. The standard InChI is InChI=1S/C20H17N3/c21-14-16-6-10-18(11-7-16)19-12-8-17(9-13-19)15-22-23-20-4-2-1-3-5-20/h1-13,22-23H,15H2. The van der Waals surface area contributed by atoms with E-state index in [4.69, 9.17) is 5.26 Å². The first-order valence-electron chi connectivity index (χ1n) is 7.48. The molecule has 0 heterocycles. The molecule has 0 aromatic heterocycles. The van der Waals surface area contributed by atoms with Crippen LogP contribution in [0.5, 0.6) is 0 Å². The minimum Gasteiger partial charge on any atom is -0.321 e. The molecule has 112 valence electrons. The molecule has 0 unspecified atom stereocenters. The summed E-state index contributed by atoms with van der Waals surface area (Å²) in [5, 5.41) is 8.84. The highest BCUT2D eigenvalue weighted by atomic mass is 15.3. The van der Waals surface area contributed by atoms with E-state index in [1.165, 1.54) is 5.56 Å². The second-order valence-corrected chi connectivity index (χ2v) is 5.23. The molecule has 0 aliphatic rings. The minimum atomic E-state index is 0.682. The second-order valence-electron chi connectivity index (χ2n) is 5.23. The van der Waals surface area contributed by atoms with Crippen LogP contribution in [0.4, 0.5) is 5.69 Å². The van der Waals surface area contributed by atoms with Crippen LogP contribution in [0, 0.1) is 11.3 Å². The predicted octanol–water partition coefficient (Wildman–Crippen LogP) is 4.34. The van der Waals surface area contributed by atoms with Gasteiger partial charge < -0.3 is 5.43 Å². The van der Waals surface area contributed by atoms with E-state index in [-0.39, 0.29) is 0 Å². The van der Waals surface area contributed by atoms with Gasteiger partial charge in [0.25, 0.3) is 0 Å². The van der Waals surface area contributed by atoms with Gasteiger partial charge in [0.1, 0.15) is 0 Å². The number of rotatable bonds is 5. The summed E-state index contributed by atoms with van der Waals surface area (Å²) in [5.74, 6) is 0. The Bertz CT molecular complexity index is 785. The summed E-state index contributed by atoms with van der Waals surface area (Å²) in [6.07, 6.45) is 0. The lowest BCUT2D eigenvalue weighted by Gasteiger charge is -2.09. The average molecular weight is 299 g/mol. The SMILES string of the molecule is N#Cc1ccc(-c2ccc(CNNc3ccccc3)cc2)cc1. The molecule has 0 fully saturated rings. The third-order valence-corrected chi connectivity index (χ3v) is 3.60. The molecule has 0 amide bonds. The molecule has 0 saturated heterocycles. The Labute approximate surface area is 136 Å². The van der Waals surface area contributed by atoms with Crippen molar-refractivity contribution in [2.45, 2.75) is 6.54 Å². The fourth-order valence-electron chi connectivity index (χ4n) is 2.32. The third-order valence-electron chi connectivity index (χ3n) is 3.60. The number of nitriles is 1. The van der Waals surface area contributed by atoms with E-state index in [0.717, 1.165) is 23.4 Å². The van der Waals surface area contributed by atoms with Crippen molar-refractivity contribution in [1.82, 2.24) is 5.43 Å². The molecule has 3 rings (SSSR count). The van der Waals surface area contributed by atoms with Gasteiger partial charge in [-0.3, -0.25) is 0 Å². The first-order valence-corrected chi connectivity index (χ1v) is 7.48. The van der Waals surface area contributed by atoms with Crippen LogP contribution < -0.4 is 10.9 Å². The van der Waals surface area contributed by atoms with Crippen molar-refractivity contribution < 1.29 is 0 Å². The van der Waals surface area contributed by atoms with Crippen LogP contribution in [0.25, 0.3) is 11.1 Å². The third kappa shape index (κ3) is 3.97. The van der Waals surface area contributed by atoms with Crippen molar-refractivity contribution in [2.75, 3.05) is 5.43 Å². The number of para-hydroxylation sites is 1. The van der Waals surface area contributed by atoms with Gasteiger partial charge in [0.2, 0.25) is 0 Å². The van der Waals surface area contributed by atoms with Gasteiger partial charge in [-0.25, -0.2) is 5.43 Å². The molecule has 0 aliphatic heterocycles. The van der Waals surface area contributed by atoms with Crippen LogP contribution >= 0.6 is 0 Å². The number of hydrogen-bond donors (Lipinski definition) is 2. The zero-order valence-electron chi connectivity index (χ0n) is 12.7. The van der Waals surface area contributed by atoms with Crippen LogP contribution in [0.3, 0.4) is 0 Å². The van der Waals surface area contributed by atoms with Crippen LogP contribution in [0.1, 0.15) is 11.1 Å². The summed E-state index contributed by atoms with van der Waals surface area (Å²) in [5.41, 5.74) is 11.6. The maximum Gasteiger partial charge on any atom is 0.0991 e. The van der Waals surface area contributed by atoms with E-state index >= 15 is 0 Å². The van der Waals surface area contributed by atoms with Crippen molar-refractivity contribution in [3.05, 3.63) is 90.0 Å². The molecule has 23 heavy (non-hydrogen) atoms. The summed E-state index contributed by atoms with van der Waals surface area (Å²) in [7, 11) is 0. The van der Waals surface area contributed by atoms with Gasteiger partial charge in [0.05, 0.1) is 11.6 Å². The molecule has 0 aliphatic carbocycles. The smallest absolute Gasteiger partial charge is 0.0991 e. The number of hydrogen-bond acceptors (Lipinski definition) is 3. The first-order chi connectivity index (χ1) is 11.3. The normalized spacial score (nSPS) is 10.0. The maximum atomic E-state index is 8.84. The molecular formula is C20H17N3. The highest BCUT2D eigenvalue weighted by molar-refractivity contribution is 5.64. The van der Waals surface area contributed by atoms with Gasteiger partial charge in [-0.2, -0.15) is 5.26 Å². The molecule has 0 atom stereocenters. The quantitative estimate of drug-likeness (QED) is 0.689. The van der Waals surface area contributed by atoms with Crippen molar-refractivity contribution in [2.24, 2.45) is 0 Å². The lowest BCUT2D eigenvalue weighted by atomic mass is 10.0. The molecular weight excluding hydrogens is 282 g/mol. The van der Waals surface area contributed by atoms with Crippen molar-refractivity contribution in [3.8, 4) is 17.2 Å². The Morgan fingerprint density at radius 3 is 1.96 bits per heavy atom. The summed E-state index contributed by atoms with van der Waals surface area (Å²) in [4.78, 5) is 0. The van der Waals surface area contributed by atoms with E-state index in [1.807, 2.05) is 54.6 Å². The number of nitrogens with zero attached hydrogens (tertiary/aromatic N) is 1. The number of hydrazine groups is 1. The molecule has 3 heteroatoms. The molecule has 0 saturated carbocycles. The summed E-state index contributed by atoms with van der Waals surface area (Å²) in [6, 6.07) is 28.2. The zero-order valence-corrected chi connectivity index (χ0v) is 12.7. The Balaban J connectivity index is 1.59. The predicted molar refractivity (Wildman–Crippen MR) is 93.5 cm³/mol. The van der Waals surface area contributed by atoms with E-state index < -0.39 is 0 Å². The maximum absolute atomic E-state index is 8.84.